The highest BCUT2D eigenvalue weighted by molar-refractivity contribution is 7.14. The molecule has 0 saturated heterocycles. The first-order chi connectivity index (χ1) is 7.48. The first-order valence-electron chi connectivity index (χ1n) is 5.54. The van der Waals surface area contributed by atoms with E-state index in [1.807, 2.05) is 5.38 Å². The van der Waals surface area contributed by atoms with Gasteiger partial charge in [0.2, 0.25) is 0 Å². The van der Waals surface area contributed by atoms with Gasteiger partial charge in [-0.2, -0.15) is 0 Å². The van der Waals surface area contributed by atoms with Crippen molar-refractivity contribution < 1.29 is 0 Å². The van der Waals surface area contributed by atoms with E-state index in [2.05, 4.69) is 30.7 Å². The van der Waals surface area contributed by atoms with Crippen LogP contribution in [-0.4, -0.2) is 24.6 Å². The highest BCUT2D eigenvalue weighted by Gasteiger charge is 2.21. The monoisotopic (exact) mass is 261 g/mol. The Hall–Kier alpha value is -0.320. The predicted octanol–water partition coefficient (Wildman–Crippen LogP) is 3.00. The fourth-order valence-corrected chi connectivity index (χ4v) is 2.46. The molecule has 3 nitrogen and oxygen atoms in total. The predicted molar refractivity (Wildman–Crippen MR) is 72.5 cm³/mol. The van der Waals surface area contributed by atoms with E-state index in [9.17, 15) is 0 Å². The van der Waals surface area contributed by atoms with Gasteiger partial charge in [-0.05, 0) is 18.4 Å². The topological polar surface area (TPSA) is 42.1 Å². The van der Waals surface area contributed by atoms with Gasteiger partial charge in [0, 0.05) is 18.5 Å². The van der Waals surface area contributed by atoms with Gasteiger partial charge in [0.1, 0.15) is 5.15 Å². The van der Waals surface area contributed by atoms with Crippen molar-refractivity contribution in [1.29, 1.82) is 0 Å². The average molecular weight is 262 g/mol. The van der Waals surface area contributed by atoms with Crippen molar-refractivity contribution in [2.45, 2.75) is 27.2 Å². The molecular weight excluding hydrogens is 242 g/mol. The molecule has 0 aliphatic carbocycles. The van der Waals surface area contributed by atoms with Crippen molar-refractivity contribution in [3.63, 3.8) is 0 Å². The second-order valence-corrected chi connectivity index (χ2v) is 5.97. The fourth-order valence-electron chi connectivity index (χ4n) is 1.48. The minimum Gasteiger partial charge on any atom is -0.347 e. The second-order valence-electron chi connectivity index (χ2n) is 4.74. The van der Waals surface area contributed by atoms with Crippen LogP contribution in [-0.2, 0) is 0 Å². The Kier molecular flexibility index (Phi) is 5.02. The molecule has 2 N–H and O–H groups in total. The molecular formula is C11H20ClN3S. The molecule has 1 rings (SSSR count). The largest absolute Gasteiger partial charge is 0.347 e. The van der Waals surface area contributed by atoms with Crippen molar-refractivity contribution in [2.24, 2.45) is 11.1 Å². The number of hydrogen-bond donors (Lipinski definition) is 1. The van der Waals surface area contributed by atoms with Crippen LogP contribution >= 0.6 is 22.9 Å². The molecule has 0 saturated carbocycles. The third-order valence-corrected chi connectivity index (χ3v) is 3.62. The maximum Gasteiger partial charge on any atom is 0.186 e. The molecule has 0 radical (unpaired) electrons. The summed E-state index contributed by atoms with van der Waals surface area (Å²) in [7, 11) is 0. The van der Waals surface area contributed by atoms with E-state index in [0.717, 1.165) is 24.6 Å². The van der Waals surface area contributed by atoms with E-state index in [4.69, 9.17) is 17.3 Å². The summed E-state index contributed by atoms with van der Waals surface area (Å²) in [5.74, 6) is 0. The Morgan fingerprint density at radius 1 is 1.56 bits per heavy atom. The van der Waals surface area contributed by atoms with Gasteiger partial charge in [-0.3, -0.25) is 0 Å². The lowest BCUT2D eigenvalue weighted by atomic mass is 9.93. The summed E-state index contributed by atoms with van der Waals surface area (Å²) >= 11 is 7.45. The smallest absolute Gasteiger partial charge is 0.186 e. The van der Waals surface area contributed by atoms with Crippen LogP contribution in [0, 0.1) is 5.41 Å². The third kappa shape index (κ3) is 3.92. The molecule has 16 heavy (non-hydrogen) atoms. The van der Waals surface area contributed by atoms with Crippen molar-refractivity contribution in [2.75, 3.05) is 24.5 Å². The molecule has 1 heterocycles. The highest BCUT2D eigenvalue weighted by atomic mass is 35.5. The molecule has 1 aromatic heterocycles. The summed E-state index contributed by atoms with van der Waals surface area (Å²) < 4.78 is 0. The molecule has 0 spiro atoms. The standard InChI is InChI=1S/C11H20ClN3S/c1-4-5-15(8-11(2,3)7-13)10-14-9(12)6-16-10/h6H,4-5,7-8,13H2,1-3H3. The molecule has 0 atom stereocenters. The minimum atomic E-state index is 0.104. The molecule has 0 aliphatic heterocycles. The molecule has 92 valence electrons. The number of nitrogens with zero attached hydrogens (tertiary/aromatic N) is 2. The van der Waals surface area contributed by atoms with Crippen molar-refractivity contribution in [3.8, 4) is 0 Å². The maximum absolute atomic E-state index is 5.86. The summed E-state index contributed by atoms with van der Waals surface area (Å²) in [6.45, 7) is 9.09. The molecule has 0 aromatic carbocycles. The Labute approximate surface area is 107 Å². The average Bonchev–Trinajstić information content (AvgIpc) is 2.64. The highest BCUT2D eigenvalue weighted by Crippen LogP contribution is 2.26. The lowest BCUT2D eigenvalue weighted by Gasteiger charge is -2.31. The molecule has 0 fully saturated rings. The number of halogens is 1. The lowest BCUT2D eigenvalue weighted by molar-refractivity contribution is 0.377. The van der Waals surface area contributed by atoms with Gasteiger partial charge in [-0.25, -0.2) is 4.98 Å². The molecule has 1 aromatic rings. The van der Waals surface area contributed by atoms with Crippen LogP contribution in [0.1, 0.15) is 27.2 Å². The molecule has 5 heteroatoms. The summed E-state index contributed by atoms with van der Waals surface area (Å²) in [6.07, 6.45) is 1.10. The fraction of sp³-hybridized carbons (Fsp3) is 0.727. The normalized spacial score (nSPS) is 11.8. The summed E-state index contributed by atoms with van der Waals surface area (Å²) in [5, 5.41) is 3.44. The summed E-state index contributed by atoms with van der Waals surface area (Å²) in [4.78, 5) is 6.58. The number of thiazole rings is 1. The van der Waals surface area contributed by atoms with E-state index < -0.39 is 0 Å². The van der Waals surface area contributed by atoms with Gasteiger partial charge in [0.25, 0.3) is 0 Å². The first-order valence-corrected chi connectivity index (χ1v) is 6.80. The quantitative estimate of drug-likeness (QED) is 0.856. The Morgan fingerprint density at radius 2 is 2.25 bits per heavy atom. The Morgan fingerprint density at radius 3 is 2.69 bits per heavy atom. The van der Waals surface area contributed by atoms with Crippen LogP contribution in [0.3, 0.4) is 0 Å². The van der Waals surface area contributed by atoms with Crippen molar-refractivity contribution >= 4 is 28.1 Å². The Bertz CT molecular complexity index is 325. The van der Waals surface area contributed by atoms with Crippen LogP contribution in [0.2, 0.25) is 5.15 Å². The van der Waals surface area contributed by atoms with E-state index in [0.29, 0.717) is 11.7 Å². The first kappa shape index (κ1) is 13.7. The second kappa shape index (κ2) is 5.84. The summed E-state index contributed by atoms with van der Waals surface area (Å²) in [6, 6.07) is 0. The molecule has 0 unspecified atom stereocenters. The van der Waals surface area contributed by atoms with Crippen molar-refractivity contribution in [1.82, 2.24) is 4.98 Å². The van der Waals surface area contributed by atoms with Crippen LogP contribution in [0.15, 0.2) is 5.38 Å². The van der Waals surface area contributed by atoms with E-state index in [1.54, 1.807) is 11.3 Å². The van der Waals surface area contributed by atoms with E-state index in [-0.39, 0.29) is 5.41 Å². The van der Waals surface area contributed by atoms with Gasteiger partial charge in [0.05, 0.1) is 0 Å². The Balaban J connectivity index is 2.75. The van der Waals surface area contributed by atoms with Gasteiger partial charge in [-0.1, -0.05) is 32.4 Å². The number of rotatable bonds is 6. The zero-order valence-electron chi connectivity index (χ0n) is 10.2. The van der Waals surface area contributed by atoms with Crippen LogP contribution in [0.5, 0.6) is 0 Å². The van der Waals surface area contributed by atoms with Crippen LogP contribution < -0.4 is 10.6 Å². The van der Waals surface area contributed by atoms with E-state index in [1.165, 1.54) is 0 Å². The van der Waals surface area contributed by atoms with E-state index >= 15 is 0 Å². The third-order valence-electron chi connectivity index (χ3n) is 2.40. The van der Waals surface area contributed by atoms with Crippen molar-refractivity contribution in [3.05, 3.63) is 10.5 Å². The van der Waals surface area contributed by atoms with Gasteiger partial charge < -0.3 is 10.6 Å². The number of nitrogens with two attached hydrogens (primary N) is 1. The molecule has 0 amide bonds. The summed E-state index contributed by atoms with van der Waals surface area (Å²) in [5.41, 5.74) is 5.87. The van der Waals surface area contributed by atoms with Gasteiger partial charge in [0.15, 0.2) is 5.13 Å². The van der Waals surface area contributed by atoms with Crippen LogP contribution in [0.4, 0.5) is 5.13 Å². The molecule has 0 bridgehead atoms. The minimum absolute atomic E-state index is 0.104. The van der Waals surface area contributed by atoms with Crippen LogP contribution in [0.25, 0.3) is 0 Å². The van der Waals surface area contributed by atoms with Gasteiger partial charge >= 0.3 is 0 Å². The van der Waals surface area contributed by atoms with Gasteiger partial charge in [-0.15, -0.1) is 11.3 Å². The number of anilines is 1. The zero-order chi connectivity index (χ0) is 12.2. The lowest BCUT2D eigenvalue weighted by Crippen LogP contribution is -2.39. The number of hydrogen-bond acceptors (Lipinski definition) is 4. The number of aromatic nitrogens is 1. The SMILES string of the molecule is CCCN(CC(C)(C)CN)c1nc(Cl)cs1. The molecule has 0 aliphatic rings. The zero-order valence-corrected chi connectivity index (χ0v) is 11.7. The maximum atomic E-state index is 5.86.